The normalized spacial score (nSPS) is 11.1. The van der Waals surface area contributed by atoms with E-state index in [1.807, 2.05) is 0 Å². The number of alkyl carbamates (subject to hydrolysis) is 1. The van der Waals surface area contributed by atoms with E-state index in [2.05, 4.69) is 35.5 Å². The number of anilines is 2. The zero-order chi connectivity index (χ0) is 20.1. The fourth-order valence-corrected chi connectivity index (χ4v) is 2.11. The fourth-order valence-electron chi connectivity index (χ4n) is 2.11. The Kier molecular flexibility index (Phi) is 5.38. The van der Waals surface area contributed by atoms with Crippen molar-refractivity contribution < 1.29 is 27.1 Å². The summed E-state index contributed by atoms with van der Waals surface area (Å²) in [5.41, 5.74) is -0.210. The molecule has 0 bridgehead atoms. The molecule has 3 aromatic rings. The average molecular weight is 394 g/mol. The van der Waals surface area contributed by atoms with Gasteiger partial charge in [0.15, 0.2) is 11.5 Å². The minimum Gasteiger partial charge on any atom is -0.453 e. The Labute approximate surface area is 156 Å². The maximum absolute atomic E-state index is 12.7. The third kappa shape index (κ3) is 4.52. The fraction of sp³-hybridized carbons (Fsp3) is 0.188. The number of hydrogen-bond donors (Lipinski definition) is 2. The van der Waals surface area contributed by atoms with Gasteiger partial charge in [-0.3, -0.25) is 0 Å². The lowest BCUT2D eigenvalue weighted by molar-refractivity contribution is -0.137. The molecule has 0 saturated carbocycles. The number of halogens is 3. The van der Waals surface area contributed by atoms with Crippen molar-refractivity contribution in [1.82, 2.24) is 25.5 Å². The van der Waals surface area contributed by atoms with Crippen LogP contribution in [0.3, 0.4) is 0 Å². The molecule has 0 atom stereocenters. The van der Waals surface area contributed by atoms with E-state index in [0.29, 0.717) is 5.69 Å². The molecule has 0 unspecified atom stereocenters. The summed E-state index contributed by atoms with van der Waals surface area (Å²) in [5.74, 6) is 0.328. The smallest absolute Gasteiger partial charge is 0.416 e. The van der Waals surface area contributed by atoms with Crippen molar-refractivity contribution in [3.8, 4) is 11.6 Å². The van der Waals surface area contributed by atoms with Gasteiger partial charge in [-0.2, -0.15) is 13.2 Å². The van der Waals surface area contributed by atoms with Gasteiger partial charge in [0.25, 0.3) is 5.89 Å². The molecule has 1 amide bonds. The van der Waals surface area contributed by atoms with Gasteiger partial charge >= 0.3 is 12.3 Å². The van der Waals surface area contributed by atoms with Gasteiger partial charge in [0.1, 0.15) is 0 Å². The summed E-state index contributed by atoms with van der Waals surface area (Å²) < 4.78 is 47.9. The predicted octanol–water partition coefficient (Wildman–Crippen LogP) is 3.15. The molecule has 3 rings (SSSR count). The van der Waals surface area contributed by atoms with Crippen LogP contribution in [0.25, 0.3) is 11.6 Å². The minimum absolute atomic E-state index is 0.0178. The third-order valence-electron chi connectivity index (χ3n) is 3.41. The van der Waals surface area contributed by atoms with Gasteiger partial charge in [-0.1, -0.05) is 0 Å². The molecule has 0 fully saturated rings. The second kappa shape index (κ2) is 7.90. The first-order valence-corrected chi connectivity index (χ1v) is 7.76. The van der Waals surface area contributed by atoms with Gasteiger partial charge in [-0.15, -0.1) is 10.2 Å². The first-order chi connectivity index (χ1) is 13.4. The summed E-state index contributed by atoms with van der Waals surface area (Å²) in [6.45, 7) is -0.0540. The summed E-state index contributed by atoms with van der Waals surface area (Å²) in [6, 6.07) is 4.42. The highest BCUT2D eigenvalue weighted by atomic mass is 19.4. The Morgan fingerprint density at radius 2 is 1.86 bits per heavy atom. The highest BCUT2D eigenvalue weighted by Crippen LogP contribution is 2.31. The number of nitrogens with one attached hydrogen (secondary N) is 2. The molecule has 2 heterocycles. The summed E-state index contributed by atoms with van der Waals surface area (Å²) in [5, 5.41) is 12.9. The topological polar surface area (TPSA) is 115 Å². The number of aromatic nitrogens is 4. The number of carbonyl (C=O) groups excluding carboxylic acids is 1. The van der Waals surface area contributed by atoms with Crippen LogP contribution in [0.2, 0.25) is 0 Å². The number of hydrogen-bond acceptors (Lipinski definition) is 8. The molecule has 0 aliphatic rings. The maximum atomic E-state index is 12.7. The molecule has 28 heavy (non-hydrogen) atoms. The second-order valence-corrected chi connectivity index (χ2v) is 5.30. The zero-order valence-electron chi connectivity index (χ0n) is 14.3. The molecule has 12 heteroatoms. The van der Waals surface area contributed by atoms with Gasteiger partial charge in [0.05, 0.1) is 19.2 Å². The molecule has 2 aromatic heterocycles. The van der Waals surface area contributed by atoms with Gasteiger partial charge < -0.3 is 19.8 Å². The van der Waals surface area contributed by atoms with E-state index < -0.39 is 17.8 Å². The zero-order valence-corrected chi connectivity index (χ0v) is 14.3. The van der Waals surface area contributed by atoms with Crippen molar-refractivity contribution in [2.24, 2.45) is 0 Å². The number of carbonyl (C=O) groups is 1. The molecule has 1 aromatic carbocycles. The average Bonchev–Trinajstić information content (AvgIpc) is 3.15. The quantitative estimate of drug-likeness (QED) is 0.678. The number of rotatable bonds is 5. The van der Waals surface area contributed by atoms with Crippen molar-refractivity contribution in [1.29, 1.82) is 0 Å². The summed E-state index contributed by atoms with van der Waals surface area (Å²) >= 11 is 0. The molecule has 2 N–H and O–H groups in total. The van der Waals surface area contributed by atoms with Crippen molar-refractivity contribution in [2.75, 3.05) is 12.4 Å². The number of methoxy groups -OCH3 is 1. The first kappa shape index (κ1) is 19.1. The third-order valence-corrected chi connectivity index (χ3v) is 3.41. The van der Waals surface area contributed by atoms with E-state index >= 15 is 0 Å². The van der Waals surface area contributed by atoms with Crippen molar-refractivity contribution >= 4 is 17.6 Å². The van der Waals surface area contributed by atoms with Gasteiger partial charge in [0, 0.05) is 18.1 Å². The van der Waals surface area contributed by atoms with Crippen molar-refractivity contribution in [3.05, 3.63) is 48.1 Å². The standard InChI is InChI=1S/C16H13F3N6O3/c1-27-15(26)22-8-11-24-25-14(28-11)12-13(21-7-6-20-12)23-10-4-2-9(3-5-10)16(17,18)19/h2-7H,8H2,1H3,(H,21,23)(H,22,26). The van der Waals surface area contributed by atoms with Crippen LogP contribution in [0, 0.1) is 0 Å². The number of nitrogens with zero attached hydrogens (tertiary/aromatic N) is 4. The number of ether oxygens (including phenoxy) is 1. The van der Waals surface area contributed by atoms with Crippen LogP contribution in [0.1, 0.15) is 11.5 Å². The van der Waals surface area contributed by atoms with Crippen LogP contribution in [0.5, 0.6) is 0 Å². The first-order valence-electron chi connectivity index (χ1n) is 7.76. The second-order valence-electron chi connectivity index (χ2n) is 5.30. The minimum atomic E-state index is -4.42. The van der Waals surface area contributed by atoms with Gasteiger partial charge in [-0.25, -0.2) is 14.8 Å². The Balaban J connectivity index is 1.78. The van der Waals surface area contributed by atoms with Gasteiger partial charge in [-0.05, 0) is 24.3 Å². The largest absolute Gasteiger partial charge is 0.453 e. The van der Waals surface area contributed by atoms with E-state index in [1.54, 1.807) is 0 Å². The Morgan fingerprint density at radius 1 is 1.14 bits per heavy atom. The van der Waals surface area contributed by atoms with Crippen LogP contribution in [-0.4, -0.2) is 33.4 Å². The molecule has 9 nitrogen and oxygen atoms in total. The van der Waals surface area contributed by atoms with Crippen molar-refractivity contribution in [3.63, 3.8) is 0 Å². The highest BCUT2D eigenvalue weighted by molar-refractivity contribution is 5.70. The molecule has 0 radical (unpaired) electrons. The molecule has 146 valence electrons. The highest BCUT2D eigenvalue weighted by Gasteiger charge is 2.30. The van der Waals surface area contributed by atoms with Crippen LogP contribution in [0.4, 0.5) is 29.5 Å². The van der Waals surface area contributed by atoms with E-state index in [1.165, 1.54) is 31.6 Å². The lowest BCUT2D eigenvalue weighted by Gasteiger charge is -2.10. The summed E-state index contributed by atoms with van der Waals surface area (Å²) in [4.78, 5) is 19.3. The van der Waals surface area contributed by atoms with E-state index in [-0.39, 0.29) is 29.8 Å². The summed E-state index contributed by atoms with van der Waals surface area (Å²) in [7, 11) is 1.22. The predicted molar refractivity (Wildman–Crippen MR) is 89.3 cm³/mol. The maximum Gasteiger partial charge on any atom is 0.416 e. The molecular weight excluding hydrogens is 381 g/mol. The van der Waals surface area contributed by atoms with Crippen LogP contribution < -0.4 is 10.6 Å². The van der Waals surface area contributed by atoms with E-state index in [0.717, 1.165) is 12.1 Å². The SMILES string of the molecule is COC(=O)NCc1nnc(-c2nccnc2Nc2ccc(C(F)(F)F)cc2)o1. The molecule has 0 aliphatic carbocycles. The van der Waals surface area contributed by atoms with Crippen LogP contribution >= 0.6 is 0 Å². The Bertz CT molecular complexity index is 959. The van der Waals surface area contributed by atoms with Crippen LogP contribution in [-0.2, 0) is 17.5 Å². The molecule has 0 spiro atoms. The lowest BCUT2D eigenvalue weighted by atomic mass is 10.2. The molecular formula is C16H13F3N6O3. The van der Waals surface area contributed by atoms with E-state index in [9.17, 15) is 18.0 Å². The number of benzene rings is 1. The van der Waals surface area contributed by atoms with Gasteiger partial charge in [0.2, 0.25) is 5.89 Å². The molecule has 0 saturated heterocycles. The monoisotopic (exact) mass is 394 g/mol. The number of amides is 1. The Hall–Kier alpha value is -3.70. The number of alkyl halides is 3. The van der Waals surface area contributed by atoms with Crippen molar-refractivity contribution in [2.45, 2.75) is 12.7 Å². The van der Waals surface area contributed by atoms with Crippen LogP contribution in [0.15, 0.2) is 41.1 Å². The van der Waals surface area contributed by atoms with E-state index in [4.69, 9.17) is 4.42 Å². The summed E-state index contributed by atoms with van der Waals surface area (Å²) in [6.07, 6.45) is -2.30. The lowest BCUT2D eigenvalue weighted by Crippen LogP contribution is -2.22. The molecule has 0 aliphatic heterocycles. The Morgan fingerprint density at radius 3 is 2.54 bits per heavy atom.